The lowest BCUT2D eigenvalue weighted by Gasteiger charge is -2.24. The molecule has 0 saturated heterocycles. The molecule has 2 unspecified atom stereocenters. The van der Waals surface area contributed by atoms with Gasteiger partial charge in [-0.1, -0.05) is 6.92 Å². The molecule has 0 aromatic heterocycles. The van der Waals surface area contributed by atoms with Gasteiger partial charge in [0.15, 0.2) is 0 Å². The average molecular weight is 240 g/mol. The van der Waals surface area contributed by atoms with Gasteiger partial charge >= 0.3 is 6.18 Å². The van der Waals surface area contributed by atoms with Gasteiger partial charge in [-0.3, -0.25) is 0 Å². The standard InChI is InChI=1S/C11H23F3N2/c1-5-10(3)16(4)7-6-15-9(2)8-11(12,13)14/h9-10,15H,5-8H2,1-4H3. The van der Waals surface area contributed by atoms with E-state index in [4.69, 9.17) is 0 Å². The van der Waals surface area contributed by atoms with E-state index in [9.17, 15) is 13.2 Å². The molecule has 0 spiro atoms. The Morgan fingerprint density at radius 2 is 1.81 bits per heavy atom. The predicted octanol–water partition coefficient (Wildman–Crippen LogP) is 2.65. The van der Waals surface area contributed by atoms with Gasteiger partial charge in [-0.25, -0.2) is 0 Å². The van der Waals surface area contributed by atoms with E-state index in [2.05, 4.69) is 24.1 Å². The van der Waals surface area contributed by atoms with Gasteiger partial charge in [0, 0.05) is 25.2 Å². The molecule has 0 aliphatic rings. The lowest BCUT2D eigenvalue weighted by molar-refractivity contribution is -0.139. The minimum absolute atomic E-state index is 0.472. The Balaban J connectivity index is 3.66. The lowest BCUT2D eigenvalue weighted by Crippen LogP contribution is -2.39. The average Bonchev–Trinajstić information content (AvgIpc) is 2.13. The number of halogens is 3. The van der Waals surface area contributed by atoms with Gasteiger partial charge < -0.3 is 10.2 Å². The van der Waals surface area contributed by atoms with Crippen molar-refractivity contribution < 1.29 is 13.2 Å². The number of alkyl halides is 3. The Bertz CT molecular complexity index is 183. The van der Waals surface area contributed by atoms with Gasteiger partial charge in [-0.05, 0) is 27.3 Å². The highest BCUT2D eigenvalue weighted by Crippen LogP contribution is 2.21. The Hall–Kier alpha value is -0.290. The molecular weight excluding hydrogens is 217 g/mol. The second-order valence-electron chi connectivity index (χ2n) is 4.41. The summed E-state index contributed by atoms with van der Waals surface area (Å²) in [4.78, 5) is 2.15. The highest BCUT2D eigenvalue weighted by Gasteiger charge is 2.29. The van der Waals surface area contributed by atoms with Crippen LogP contribution >= 0.6 is 0 Å². The Morgan fingerprint density at radius 1 is 1.25 bits per heavy atom. The van der Waals surface area contributed by atoms with Gasteiger partial charge in [0.2, 0.25) is 0 Å². The first-order chi connectivity index (χ1) is 7.26. The summed E-state index contributed by atoms with van der Waals surface area (Å²) in [6.45, 7) is 7.14. The van der Waals surface area contributed by atoms with Crippen molar-refractivity contribution in [3.05, 3.63) is 0 Å². The maximum Gasteiger partial charge on any atom is 0.390 e. The first kappa shape index (κ1) is 15.7. The molecule has 16 heavy (non-hydrogen) atoms. The highest BCUT2D eigenvalue weighted by atomic mass is 19.4. The van der Waals surface area contributed by atoms with Crippen molar-refractivity contribution in [1.82, 2.24) is 10.2 Å². The van der Waals surface area contributed by atoms with Crippen molar-refractivity contribution in [3.8, 4) is 0 Å². The normalized spacial score (nSPS) is 16.5. The number of nitrogens with zero attached hydrogens (tertiary/aromatic N) is 1. The van der Waals surface area contributed by atoms with Crippen LogP contribution in [0.5, 0.6) is 0 Å². The summed E-state index contributed by atoms with van der Waals surface area (Å²) >= 11 is 0. The van der Waals surface area contributed by atoms with Gasteiger partial charge in [-0.15, -0.1) is 0 Å². The van der Waals surface area contributed by atoms with Crippen LogP contribution in [0.1, 0.15) is 33.6 Å². The zero-order valence-electron chi connectivity index (χ0n) is 10.6. The highest BCUT2D eigenvalue weighted by molar-refractivity contribution is 4.68. The molecule has 0 radical (unpaired) electrons. The second kappa shape index (κ2) is 7.12. The molecule has 2 nitrogen and oxygen atoms in total. The van der Waals surface area contributed by atoms with Gasteiger partial charge in [0.1, 0.15) is 0 Å². The molecule has 5 heteroatoms. The fourth-order valence-electron chi connectivity index (χ4n) is 1.44. The molecule has 0 rings (SSSR count). The van der Waals surface area contributed by atoms with Crippen LogP contribution in [-0.4, -0.2) is 43.3 Å². The zero-order chi connectivity index (χ0) is 12.8. The number of rotatable bonds is 7. The van der Waals surface area contributed by atoms with Crippen molar-refractivity contribution >= 4 is 0 Å². The van der Waals surface area contributed by atoms with E-state index in [1.807, 2.05) is 7.05 Å². The summed E-state index contributed by atoms with van der Waals surface area (Å²) in [5.74, 6) is 0. The van der Waals surface area contributed by atoms with Crippen molar-refractivity contribution in [1.29, 1.82) is 0 Å². The molecule has 98 valence electrons. The number of likely N-dealkylation sites (N-methyl/N-ethyl adjacent to an activating group) is 1. The first-order valence-corrected chi connectivity index (χ1v) is 5.76. The van der Waals surface area contributed by atoms with E-state index in [1.54, 1.807) is 6.92 Å². The van der Waals surface area contributed by atoms with Crippen LogP contribution < -0.4 is 5.32 Å². The van der Waals surface area contributed by atoms with E-state index in [0.717, 1.165) is 13.0 Å². The third-order valence-corrected chi connectivity index (χ3v) is 2.84. The summed E-state index contributed by atoms with van der Waals surface area (Å²) in [5.41, 5.74) is 0. The molecule has 0 amide bonds. The van der Waals surface area contributed by atoms with E-state index in [0.29, 0.717) is 12.6 Å². The molecule has 1 N–H and O–H groups in total. The number of nitrogens with one attached hydrogen (secondary N) is 1. The molecule has 0 aliphatic heterocycles. The van der Waals surface area contributed by atoms with E-state index >= 15 is 0 Å². The van der Waals surface area contributed by atoms with Crippen LogP contribution in [0.4, 0.5) is 13.2 Å². The van der Waals surface area contributed by atoms with Crippen molar-refractivity contribution in [3.63, 3.8) is 0 Å². The maximum absolute atomic E-state index is 12.0. The molecule has 0 heterocycles. The maximum atomic E-state index is 12.0. The molecule has 0 aromatic carbocycles. The Morgan fingerprint density at radius 3 is 2.25 bits per heavy atom. The number of hydrogen-bond acceptors (Lipinski definition) is 2. The monoisotopic (exact) mass is 240 g/mol. The van der Waals surface area contributed by atoms with Crippen LogP contribution in [0, 0.1) is 0 Å². The van der Waals surface area contributed by atoms with Crippen LogP contribution in [0.25, 0.3) is 0 Å². The fraction of sp³-hybridized carbons (Fsp3) is 1.00. The minimum atomic E-state index is -4.07. The van der Waals surface area contributed by atoms with Crippen LogP contribution in [0.2, 0.25) is 0 Å². The molecular formula is C11H23F3N2. The molecule has 0 saturated carbocycles. The lowest BCUT2D eigenvalue weighted by atomic mass is 10.2. The van der Waals surface area contributed by atoms with Gasteiger partial charge in [-0.2, -0.15) is 13.2 Å². The van der Waals surface area contributed by atoms with Crippen LogP contribution in [-0.2, 0) is 0 Å². The smallest absolute Gasteiger partial charge is 0.313 e. The largest absolute Gasteiger partial charge is 0.390 e. The molecule has 0 fully saturated rings. The molecule has 0 aliphatic carbocycles. The van der Waals surface area contributed by atoms with Crippen LogP contribution in [0.3, 0.4) is 0 Å². The van der Waals surface area contributed by atoms with E-state index in [1.165, 1.54) is 0 Å². The van der Waals surface area contributed by atoms with Crippen molar-refractivity contribution in [2.45, 2.75) is 51.9 Å². The van der Waals surface area contributed by atoms with Crippen molar-refractivity contribution in [2.75, 3.05) is 20.1 Å². The van der Waals surface area contributed by atoms with Crippen LogP contribution in [0.15, 0.2) is 0 Å². The minimum Gasteiger partial charge on any atom is -0.313 e. The second-order valence-corrected chi connectivity index (χ2v) is 4.41. The number of hydrogen-bond donors (Lipinski definition) is 1. The SMILES string of the molecule is CCC(C)N(C)CCNC(C)CC(F)(F)F. The summed E-state index contributed by atoms with van der Waals surface area (Å²) in [6.07, 6.45) is -3.79. The van der Waals surface area contributed by atoms with Gasteiger partial charge in [0.05, 0.1) is 6.42 Å². The quantitative estimate of drug-likeness (QED) is 0.736. The Kier molecular flexibility index (Phi) is 6.99. The fourth-order valence-corrected chi connectivity index (χ4v) is 1.44. The molecule has 0 aromatic rings. The van der Waals surface area contributed by atoms with E-state index < -0.39 is 18.6 Å². The first-order valence-electron chi connectivity index (χ1n) is 5.76. The zero-order valence-corrected chi connectivity index (χ0v) is 10.6. The molecule has 0 bridgehead atoms. The van der Waals surface area contributed by atoms with Gasteiger partial charge in [0.25, 0.3) is 0 Å². The van der Waals surface area contributed by atoms with E-state index in [-0.39, 0.29) is 0 Å². The topological polar surface area (TPSA) is 15.3 Å². The summed E-state index contributed by atoms with van der Waals surface area (Å²) in [6, 6.07) is -0.0370. The summed E-state index contributed by atoms with van der Waals surface area (Å²) in [5, 5.41) is 2.89. The molecule has 2 atom stereocenters. The third kappa shape index (κ3) is 7.93. The summed E-state index contributed by atoms with van der Waals surface area (Å²) in [7, 11) is 1.99. The summed E-state index contributed by atoms with van der Waals surface area (Å²) < 4.78 is 36.1. The Labute approximate surface area is 96.2 Å². The third-order valence-electron chi connectivity index (χ3n) is 2.84. The van der Waals surface area contributed by atoms with Crippen molar-refractivity contribution in [2.24, 2.45) is 0 Å². The predicted molar refractivity (Wildman–Crippen MR) is 60.5 cm³/mol.